The molecule has 3 aliphatic rings. The molecule has 2 bridgehead atoms. The second-order valence-electron chi connectivity index (χ2n) is 9.04. The van der Waals surface area contributed by atoms with Gasteiger partial charge in [-0.1, -0.05) is 30.4 Å². The van der Waals surface area contributed by atoms with E-state index >= 15 is 0 Å². The van der Waals surface area contributed by atoms with E-state index in [1.54, 1.807) is 22.8 Å². The van der Waals surface area contributed by atoms with Crippen molar-refractivity contribution in [3.8, 4) is 0 Å². The predicted molar refractivity (Wildman–Crippen MR) is 115 cm³/mol. The van der Waals surface area contributed by atoms with Crippen LogP contribution in [0.25, 0.3) is 0 Å². The van der Waals surface area contributed by atoms with Gasteiger partial charge in [0.25, 0.3) is 0 Å². The van der Waals surface area contributed by atoms with Crippen molar-refractivity contribution in [1.29, 1.82) is 0 Å². The molecular formula is C24H28N4O3. The molecule has 2 amide bonds. The first kappa shape index (κ1) is 20.0. The molecule has 0 unspecified atom stereocenters. The third kappa shape index (κ3) is 3.28. The molecule has 0 aliphatic carbocycles. The largest absolute Gasteiger partial charge is 0.360 e. The first-order chi connectivity index (χ1) is 14.9. The number of likely N-dealkylation sites (tertiary alicyclic amines) is 1. The molecule has 1 aromatic heterocycles. The third-order valence-electron chi connectivity index (χ3n) is 7.01. The smallest absolute Gasteiger partial charge is 0.230 e. The van der Waals surface area contributed by atoms with E-state index < -0.39 is 17.4 Å². The number of amides is 2. The number of aryl methyl sites for hydroxylation is 2. The van der Waals surface area contributed by atoms with E-state index in [4.69, 9.17) is 4.74 Å². The van der Waals surface area contributed by atoms with E-state index in [-0.39, 0.29) is 17.9 Å². The first-order valence-electron chi connectivity index (χ1n) is 10.8. The van der Waals surface area contributed by atoms with Gasteiger partial charge < -0.3 is 14.5 Å². The van der Waals surface area contributed by atoms with Gasteiger partial charge in [0.05, 0.1) is 31.0 Å². The number of carbonyl (C=O) groups excluding carboxylic acids is 2. The SMILES string of the molecule is Cc1ccc(CN2C[C@]34C=C[C@H](O3)[C@@H](C(=O)N(C)CCn3cccn3)[C@@H]4C2=O)cc1C. The number of likely N-dealkylation sites (N-methyl/N-ethyl adjacent to an activating group) is 1. The van der Waals surface area contributed by atoms with E-state index in [9.17, 15) is 9.59 Å². The molecule has 0 radical (unpaired) electrons. The van der Waals surface area contributed by atoms with Gasteiger partial charge in [0, 0.05) is 32.5 Å². The van der Waals surface area contributed by atoms with Gasteiger partial charge >= 0.3 is 0 Å². The average Bonchev–Trinajstić information content (AvgIpc) is 3.51. The van der Waals surface area contributed by atoms with E-state index in [1.165, 1.54) is 11.1 Å². The van der Waals surface area contributed by atoms with Crippen molar-refractivity contribution in [2.75, 3.05) is 20.1 Å². The molecule has 3 aliphatic heterocycles. The van der Waals surface area contributed by atoms with E-state index in [1.807, 2.05) is 29.3 Å². The van der Waals surface area contributed by atoms with Crippen LogP contribution in [-0.2, 0) is 27.4 Å². The van der Waals surface area contributed by atoms with Crippen LogP contribution >= 0.6 is 0 Å². The number of ether oxygens (including phenoxy) is 1. The van der Waals surface area contributed by atoms with Crippen molar-refractivity contribution < 1.29 is 14.3 Å². The molecule has 0 N–H and O–H groups in total. The van der Waals surface area contributed by atoms with Crippen LogP contribution in [0.3, 0.4) is 0 Å². The summed E-state index contributed by atoms with van der Waals surface area (Å²) in [6.45, 7) is 6.35. The Bertz CT molecular complexity index is 1050. The summed E-state index contributed by atoms with van der Waals surface area (Å²) in [5, 5.41) is 4.19. The summed E-state index contributed by atoms with van der Waals surface area (Å²) in [4.78, 5) is 30.3. The molecular weight excluding hydrogens is 392 g/mol. The second-order valence-corrected chi connectivity index (χ2v) is 9.04. The predicted octanol–water partition coefficient (Wildman–Crippen LogP) is 1.94. The quantitative estimate of drug-likeness (QED) is 0.670. The maximum Gasteiger partial charge on any atom is 0.230 e. The van der Waals surface area contributed by atoms with Gasteiger partial charge in [0.1, 0.15) is 5.60 Å². The van der Waals surface area contributed by atoms with Crippen molar-refractivity contribution in [2.24, 2.45) is 11.8 Å². The minimum Gasteiger partial charge on any atom is -0.360 e. The van der Waals surface area contributed by atoms with Crippen molar-refractivity contribution >= 4 is 11.8 Å². The van der Waals surface area contributed by atoms with Crippen LogP contribution in [0, 0.1) is 25.7 Å². The first-order valence-corrected chi connectivity index (χ1v) is 10.8. The van der Waals surface area contributed by atoms with Crippen molar-refractivity contribution in [3.05, 3.63) is 65.5 Å². The Kier molecular flexibility index (Phi) is 4.73. The Labute approximate surface area is 182 Å². The highest BCUT2D eigenvalue weighted by molar-refractivity contribution is 5.93. The Morgan fingerprint density at radius 1 is 1.32 bits per heavy atom. The zero-order valence-corrected chi connectivity index (χ0v) is 18.2. The maximum absolute atomic E-state index is 13.4. The molecule has 2 saturated heterocycles. The number of benzene rings is 1. The topological polar surface area (TPSA) is 67.7 Å². The number of aromatic nitrogens is 2. The lowest BCUT2D eigenvalue weighted by Gasteiger charge is -2.27. The average molecular weight is 421 g/mol. The van der Waals surface area contributed by atoms with Crippen LogP contribution < -0.4 is 0 Å². The van der Waals surface area contributed by atoms with Gasteiger partial charge in [-0.2, -0.15) is 5.10 Å². The Balaban J connectivity index is 1.32. The highest BCUT2D eigenvalue weighted by Gasteiger charge is 2.67. The monoisotopic (exact) mass is 420 g/mol. The summed E-state index contributed by atoms with van der Waals surface area (Å²) in [5.74, 6) is -0.933. The van der Waals surface area contributed by atoms with Crippen molar-refractivity contribution in [1.82, 2.24) is 19.6 Å². The Hall–Kier alpha value is -2.93. The molecule has 7 nitrogen and oxygen atoms in total. The fraction of sp³-hybridized carbons (Fsp3) is 0.458. The number of carbonyl (C=O) groups is 2. The number of hydrogen-bond donors (Lipinski definition) is 0. The molecule has 4 atom stereocenters. The zero-order valence-electron chi connectivity index (χ0n) is 18.2. The molecule has 1 aromatic carbocycles. The van der Waals surface area contributed by atoms with Crippen molar-refractivity contribution in [3.63, 3.8) is 0 Å². The van der Waals surface area contributed by atoms with E-state index in [2.05, 4.69) is 37.1 Å². The van der Waals surface area contributed by atoms with Gasteiger partial charge in [-0.05, 0) is 36.6 Å². The standard InChI is InChI=1S/C24H28N4O3/c1-16-5-6-18(13-17(16)2)14-27-15-24-8-7-19(31-24)20(21(24)23(27)30)22(29)26(3)11-12-28-10-4-9-25-28/h4-10,13,19-21H,11-12,14-15H2,1-3H3/t19-,20+,21+,24-/m0/s1. The lowest BCUT2D eigenvalue weighted by atomic mass is 9.76. The second kappa shape index (κ2) is 7.34. The minimum absolute atomic E-state index is 0.0175. The highest BCUT2D eigenvalue weighted by atomic mass is 16.5. The van der Waals surface area contributed by atoms with Crippen molar-refractivity contribution in [2.45, 2.75) is 38.6 Å². The summed E-state index contributed by atoms with van der Waals surface area (Å²) >= 11 is 0. The van der Waals surface area contributed by atoms with Crippen LogP contribution in [0.4, 0.5) is 0 Å². The van der Waals surface area contributed by atoms with Crippen LogP contribution in [0.5, 0.6) is 0 Å². The molecule has 1 spiro atoms. The van der Waals surface area contributed by atoms with Crippen LogP contribution in [-0.4, -0.2) is 63.2 Å². The lowest BCUT2D eigenvalue weighted by Crippen LogP contribution is -2.45. The van der Waals surface area contributed by atoms with E-state index in [0.717, 1.165) is 5.56 Å². The lowest BCUT2D eigenvalue weighted by molar-refractivity contribution is -0.142. The summed E-state index contributed by atoms with van der Waals surface area (Å²) in [5.41, 5.74) is 2.88. The molecule has 4 heterocycles. The summed E-state index contributed by atoms with van der Waals surface area (Å²) < 4.78 is 8.06. The fourth-order valence-corrected chi connectivity index (χ4v) is 5.17. The molecule has 0 saturated carbocycles. The van der Waals surface area contributed by atoms with Gasteiger partial charge in [-0.15, -0.1) is 0 Å². The van der Waals surface area contributed by atoms with Gasteiger partial charge in [0.15, 0.2) is 0 Å². The van der Waals surface area contributed by atoms with Crippen LogP contribution in [0.1, 0.15) is 16.7 Å². The molecule has 162 valence electrons. The number of fused-ring (bicyclic) bond motifs is 1. The summed E-state index contributed by atoms with van der Waals surface area (Å²) in [6, 6.07) is 8.16. The summed E-state index contributed by atoms with van der Waals surface area (Å²) in [7, 11) is 1.79. The van der Waals surface area contributed by atoms with Gasteiger partial charge in [0.2, 0.25) is 11.8 Å². The number of hydrogen-bond acceptors (Lipinski definition) is 4. The zero-order chi connectivity index (χ0) is 21.8. The maximum atomic E-state index is 13.4. The third-order valence-corrected chi connectivity index (χ3v) is 7.01. The molecule has 5 rings (SSSR count). The van der Waals surface area contributed by atoms with E-state index in [0.29, 0.717) is 26.2 Å². The molecule has 2 aromatic rings. The fourth-order valence-electron chi connectivity index (χ4n) is 5.17. The number of rotatable bonds is 6. The summed E-state index contributed by atoms with van der Waals surface area (Å²) in [6.07, 6.45) is 7.25. The highest BCUT2D eigenvalue weighted by Crippen LogP contribution is 2.52. The Morgan fingerprint density at radius 2 is 2.16 bits per heavy atom. The molecule has 31 heavy (non-hydrogen) atoms. The molecule has 7 heteroatoms. The number of nitrogens with zero attached hydrogens (tertiary/aromatic N) is 4. The van der Waals surface area contributed by atoms with Gasteiger partial charge in [-0.3, -0.25) is 14.3 Å². The normalized spacial score (nSPS) is 28.4. The minimum atomic E-state index is -0.676. The molecule has 2 fully saturated rings. The van der Waals surface area contributed by atoms with Crippen LogP contribution in [0.15, 0.2) is 48.8 Å². The Morgan fingerprint density at radius 3 is 2.90 bits per heavy atom. The van der Waals surface area contributed by atoms with Crippen LogP contribution in [0.2, 0.25) is 0 Å². The van der Waals surface area contributed by atoms with Gasteiger partial charge in [-0.25, -0.2) is 0 Å².